The number of piperidine rings is 1. The second-order valence-corrected chi connectivity index (χ2v) is 7.29. The van der Waals surface area contributed by atoms with E-state index in [1.165, 1.54) is 5.56 Å². The van der Waals surface area contributed by atoms with Gasteiger partial charge in [-0.25, -0.2) is 4.98 Å². The maximum atomic E-state index is 6.08. The molecule has 3 rings (SSSR count). The van der Waals surface area contributed by atoms with Crippen LogP contribution in [0.3, 0.4) is 0 Å². The minimum Gasteiger partial charge on any atom is -0.490 e. The molecule has 0 atom stereocenters. The summed E-state index contributed by atoms with van der Waals surface area (Å²) in [6.07, 6.45) is 2.60. The van der Waals surface area contributed by atoms with Gasteiger partial charge in [0.15, 0.2) is 0 Å². The number of hydrogen-bond donors (Lipinski definition) is 1. The molecule has 0 unspecified atom stereocenters. The minimum absolute atomic E-state index is 0.364. The van der Waals surface area contributed by atoms with Crippen LogP contribution in [0.1, 0.15) is 29.1 Å². The fourth-order valence-electron chi connectivity index (χ4n) is 2.81. The van der Waals surface area contributed by atoms with Crippen LogP contribution in [-0.2, 0) is 13.1 Å². The van der Waals surface area contributed by atoms with Gasteiger partial charge >= 0.3 is 0 Å². The average molecular weight is 331 g/mol. The number of nitrogens with zero attached hydrogens (tertiary/aromatic N) is 2. The minimum atomic E-state index is 0.364. The van der Waals surface area contributed by atoms with Crippen LogP contribution in [0.15, 0.2) is 29.6 Å². The van der Waals surface area contributed by atoms with Gasteiger partial charge in [-0.05, 0) is 44.5 Å². The lowest BCUT2D eigenvalue weighted by molar-refractivity contribution is 0.114. The molecule has 2 heterocycles. The molecule has 1 aliphatic heterocycles. The van der Waals surface area contributed by atoms with Gasteiger partial charge < -0.3 is 15.0 Å². The Balaban J connectivity index is 1.43. The number of ether oxygens (including phenoxy) is 1. The first kappa shape index (κ1) is 16.4. The summed E-state index contributed by atoms with van der Waals surface area (Å²) < 4.78 is 6.08. The van der Waals surface area contributed by atoms with Crippen molar-refractivity contribution in [3.05, 3.63) is 45.9 Å². The molecular formula is C18H25N3OS. The molecule has 1 N–H and O–H groups in total. The van der Waals surface area contributed by atoms with Crippen LogP contribution in [0.5, 0.6) is 5.75 Å². The molecule has 4 nitrogen and oxygen atoms in total. The van der Waals surface area contributed by atoms with E-state index in [2.05, 4.69) is 51.9 Å². The first-order valence-electron chi connectivity index (χ1n) is 8.25. The highest BCUT2D eigenvalue weighted by Gasteiger charge is 2.17. The first-order valence-corrected chi connectivity index (χ1v) is 9.13. The summed E-state index contributed by atoms with van der Waals surface area (Å²) in [7, 11) is 2.17. The van der Waals surface area contributed by atoms with Gasteiger partial charge in [0.1, 0.15) is 11.9 Å². The van der Waals surface area contributed by atoms with E-state index in [-0.39, 0.29) is 0 Å². The molecule has 0 aliphatic carbocycles. The number of rotatable bonds is 6. The molecule has 1 saturated heterocycles. The normalized spacial score (nSPS) is 16.6. The van der Waals surface area contributed by atoms with Crippen LogP contribution in [0.25, 0.3) is 0 Å². The van der Waals surface area contributed by atoms with Gasteiger partial charge in [0, 0.05) is 31.6 Å². The Morgan fingerprint density at radius 1 is 1.22 bits per heavy atom. The van der Waals surface area contributed by atoms with Crippen molar-refractivity contribution < 1.29 is 4.74 Å². The van der Waals surface area contributed by atoms with Crippen LogP contribution >= 0.6 is 11.3 Å². The third-order valence-electron chi connectivity index (χ3n) is 4.19. The smallest absolute Gasteiger partial charge is 0.119 e. The molecule has 23 heavy (non-hydrogen) atoms. The summed E-state index contributed by atoms with van der Waals surface area (Å²) in [6.45, 7) is 5.96. The third-order valence-corrected chi connectivity index (χ3v) is 5.02. The van der Waals surface area contributed by atoms with Gasteiger partial charge in [-0.2, -0.15) is 0 Å². The Labute approximate surface area is 142 Å². The number of thiazole rings is 1. The summed E-state index contributed by atoms with van der Waals surface area (Å²) >= 11 is 1.70. The van der Waals surface area contributed by atoms with Crippen molar-refractivity contribution in [3.63, 3.8) is 0 Å². The van der Waals surface area contributed by atoms with E-state index < -0.39 is 0 Å². The zero-order chi connectivity index (χ0) is 16.1. The number of nitrogens with one attached hydrogen (secondary N) is 1. The lowest BCUT2D eigenvalue weighted by Gasteiger charge is -2.29. The summed E-state index contributed by atoms with van der Waals surface area (Å²) in [5.41, 5.74) is 2.39. The van der Waals surface area contributed by atoms with E-state index in [1.54, 1.807) is 11.3 Å². The van der Waals surface area contributed by atoms with Crippen molar-refractivity contribution in [1.82, 2.24) is 15.2 Å². The zero-order valence-corrected chi connectivity index (χ0v) is 14.7. The van der Waals surface area contributed by atoms with Gasteiger partial charge in [0.25, 0.3) is 0 Å². The maximum Gasteiger partial charge on any atom is 0.119 e. The number of aryl methyl sites for hydroxylation is 1. The topological polar surface area (TPSA) is 37.4 Å². The maximum absolute atomic E-state index is 6.08. The van der Waals surface area contributed by atoms with Crippen LogP contribution in [0.4, 0.5) is 0 Å². The zero-order valence-electron chi connectivity index (χ0n) is 13.9. The van der Waals surface area contributed by atoms with E-state index in [1.807, 2.05) is 6.92 Å². The molecule has 0 amide bonds. The molecule has 1 fully saturated rings. The average Bonchev–Trinajstić information content (AvgIpc) is 2.97. The number of likely N-dealkylation sites (tertiary alicyclic amines) is 1. The molecule has 2 aromatic rings. The largest absolute Gasteiger partial charge is 0.490 e. The van der Waals surface area contributed by atoms with Crippen molar-refractivity contribution in [2.45, 2.75) is 39.0 Å². The van der Waals surface area contributed by atoms with Crippen LogP contribution in [0, 0.1) is 6.92 Å². The fourth-order valence-corrected chi connectivity index (χ4v) is 3.42. The van der Waals surface area contributed by atoms with E-state index in [9.17, 15) is 0 Å². The molecule has 0 radical (unpaired) electrons. The third kappa shape index (κ3) is 5.03. The molecule has 1 aliphatic rings. The first-order chi connectivity index (χ1) is 11.2. The summed E-state index contributed by atoms with van der Waals surface area (Å²) in [4.78, 5) is 6.82. The standard InChI is InChI=1S/C18H25N3OS/c1-14-20-16(13-23-14)12-19-11-15-3-5-17(6-4-15)22-18-7-9-21(2)10-8-18/h3-6,13,18-19H,7-12H2,1-2H3. The van der Waals surface area contributed by atoms with Crippen molar-refractivity contribution in [2.24, 2.45) is 0 Å². The van der Waals surface area contributed by atoms with E-state index in [0.29, 0.717) is 6.10 Å². The lowest BCUT2D eigenvalue weighted by atomic mass is 10.1. The van der Waals surface area contributed by atoms with Crippen LogP contribution in [-0.4, -0.2) is 36.1 Å². The van der Waals surface area contributed by atoms with Crippen molar-refractivity contribution >= 4 is 11.3 Å². The van der Waals surface area contributed by atoms with E-state index in [4.69, 9.17) is 4.74 Å². The quantitative estimate of drug-likeness (QED) is 0.882. The van der Waals surface area contributed by atoms with Crippen LogP contribution in [0.2, 0.25) is 0 Å². The lowest BCUT2D eigenvalue weighted by Crippen LogP contribution is -2.35. The van der Waals surface area contributed by atoms with E-state index >= 15 is 0 Å². The number of aromatic nitrogens is 1. The SMILES string of the molecule is Cc1nc(CNCc2ccc(OC3CCN(C)CC3)cc2)cs1. The Hall–Kier alpha value is -1.43. The fraction of sp³-hybridized carbons (Fsp3) is 0.500. The number of benzene rings is 1. The Morgan fingerprint density at radius 3 is 2.61 bits per heavy atom. The summed E-state index contributed by atoms with van der Waals surface area (Å²) in [6, 6.07) is 8.46. The van der Waals surface area contributed by atoms with E-state index in [0.717, 1.165) is 55.5 Å². The summed E-state index contributed by atoms with van der Waals surface area (Å²) in [5.74, 6) is 0.985. The predicted octanol–water partition coefficient (Wildman–Crippen LogP) is 3.21. The Morgan fingerprint density at radius 2 is 1.96 bits per heavy atom. The Bertz CT molecular complexity index is 603. The number of hydrogen-bond acceptors (Lipinski definition) is 5. The molecule has 1 aromatic carbocycles. The van der Waals surface area contributed by atoms with Gasteiger partial charge in [-0.15, -0.1) is 11.3 Å². The highest BCUT2D eigenvalue weighted by molar-refractivity contribution is 7.09. The van der Waals surface area contributed by atoms with Gasteiger partial charge in [0.2, 0.25) is 0 Å². The van der Waals surface area contributed by atoms with Gasteiger partial charge in [0.05, 0.1) is 10.7 Å². The molecule has 1 aromatic heterocycles. The monoisotopic (exact) mass is 331 g/mol. The highest BCUT2D eigenvalue weighted by Crippen LogP contribution is 2.19. The second-order valence-electron chi connectivity index (χ2n) is 6.23. The van der Waals surface area contributed by atoms with Gasteiger partial charge in [-0.3, -0.25) is 0 Å². The Kier molecular flexibility index (Phi) is 5.65. The second kappa shape index (κ2) is 7.90. The van der Waals surface area contributed by atoms with Crippen molar-refractivity contribution in [3.8, 4) is 5.75 Å². The molecule has 124 valence electrons. The van der Waals surface area contributed by atoms with Gasteiger partial charge in [-0.1, -0.05) is 12.1 Å². The molecule has 0 spiro atoms. The predicted molar refractivity (Wildman–Crippen MR) is 95.0 cm³/mol. The molecule has 5 heteroatoms. The molecule has 0 saturated carbocycles. The molecular weight excluding hydrogens is 306 g/mol. The molecule has 0 bridgehead atoms. The van der Waals surface area contributed by atoms with Crippen molar-refractivity contribution in [1.29, 1.82) is 0 Å². The van der Waals surface area contributed by atoms with Crippen LogP contribution < -0.4 is 10.1 Å². The van der Waals surface area contributed by atoms with Crippen molar-refractivity contribution in [2.75, 3.05) is 20.1 Å². The highest BCUT2D eigenvalue weighted by atomic mass is 32.1. The summed E-state index contributed by atoms with van der Waals surface area (Å²) in [5, 5.41) is 6.67.